The van der Waals surface area contributed by atoms with Crippen LogP contribution >= 0.6 is 23.2 Å². The predicted octanol–water partition coefficient (Wildman–Crippen LogP) is 5.09. The first-order valence-corrected chi connectivity index (χ1v) is 8.19. The normalized spacial score (nSPS) is 10.4. The van der Waals surface area contributed by atoms with E-state index < -0.39 is 0 Å². The summed E-state index contributed by atoms with van der Waals surface area (Å²) in [4.78, 5) is 20.6. The maximum atomic E-state index is 12.2. The molecule has 1 amide bonds. The van der Waals surface area contributed by atoms with E-state index in [9.17, 15) is 4.79 Å². The van der Waals surface area contributed by atoms with Gasteiger partial charge in [0.05, 0.1) is 5.56 Å². The topological polar surface area (TPSA) is 66.9 Å². The lowest BCUT2D eigenvalue weighted by atomic mass is 10.2. The fourth-order valence-corrected chi connectivity index (χ4v) is 2.49. The van der Waals surface area contributed by atoms with Crippen LogP contribution in [0.1, 0.15) is 15.9 Å². The summed E-state index contributed by atoms with van der Waals surface area (Å²) in [6.45, 7) is 1.95. The Morgan fingerprint density at radius 1 is 1.00 bits per heavy atom. The minimum atomic E-state index is -0.312. The van der Waals surface area contributed by atoms with Gasteiger partial charge in [-0.05, 0) is 42.8 Å². The average molecular weight is 373 g/mol. The van der Waals surface area contributed by atoms with Crippen LogP contribution in [0.4, 0.5) is 17.3 Å². The number of nitrogens with one attached hydrogen (secondary N) is 2. The zero-order valence-corrected chi connectivity index (χ0v) is 14.8. The Kier molecular flexibility index (Phi) is 5.16. The molecule has 25 heavy (non-hydrogen) atoms. The van der Waals surface area contributed by atoms with Crippen LogP contribution in [0.25, 0.3) is 0 Å². The molecule has 1 heterocycles. The molecule has 0 aliphatic heterocycles. The first-order chi connectivity index (χ1) is 12.0. The fraction of sp³-hybridized carbons (Fsp3) is 0.0556. The number of rotatable bonds is 4. The summed E-state index contributed by atoms with van der Waals surface area (Å²) in [6, 6.07) is 12.4. The number of anilines is 3. The van der Waals surface area contributed by atoms with Crippen LogP contribution < -0.4 is 10.6 Å². The van der Waals surface area contributed by atoms with Gasteiger partial charge in [-0.25, -0.2) is 9.97 Å². The molecule has 3 rings (SSSR count). The van der Waals surface area contributed by atoms with Crippen LogP contribution in [0.2, 0.25) is 10.0 Å². The number of hydrogen-bond donors (Lipinski definition) is 2. The molecule has 0 atom stereocenters. The van der Waals surface area contributed by atoms with Crippen molar-refractivity contribution in [2.45, 2.75) is 6.92 Å². The summed E-state index contributed by atoms with van der Waals surface area (Å²) >= 11 is 11.9. The van der Waals surface area contributed by atoms with Crippen molar-refractivity contribution in [1.82, 2.24) is 9.97 Å². The molecular weight excluding hydrogens is 359 g/mol. The number of nitrogens with zero attached hydrogens (tertiary/aromatic N) is 2. The van der Waals surface area contributed by atoms with Crippen molar-refractivity contribution in [2.75, 3.05) is 10.6 Å². The third-order valence-corrected chi connectivity index (χ3v) is 3.91. The molecule has 3 aromatic rings. The molecule has 126 valence electrons. The molecule has 7 heteroatoms. The lowest BCUT2D eigenvalue weighted by Crippen LogP contribution is -2.13. The summed E-state index contributed by atoms with van der Waals surface area (Å²) in [6.07, 6.45) is 2.91. The van der Waals surface area contributed by atoms with E-state index in [1.807, 2.05) is 19.1 Å². The Bertz CT molecular complexity index is 913. The van der Waals surface area contributed by atoms with Gasteiger partial charge in [0.1, 0.15) is 0 Å². The molecule has 0 spiro atoms. The van der Waals surface area contributed by atoms with Gasteiger partial charge >= 0.3 is 0 Å². The first-order valence-electron chi connectivity index (χ1n) is 7.43. The largest absolute Gasteiger partial charge is 0.324 e. The zero-order valence-electron chi connectivity index (χ0n) is 13.3. The first kappa shape index (κ1) is 17.2. The Morgan fingerprint density at radius 3 is 2.44 bits per heavy atom. The van der Waals surface area contributed by atoms with E-state index in [4.69, 9.17) is 23.2 Å². The molecule has 0 bridgehead atoms. The molecular formula is C18H14Cl2N4O. The Hall–Kier alpha value is -2.63. The summed E-state index contributed by atoms with van der Waals surface area (Å²) in [5, 5.41) is 6.99. The number of carbonyl (C=O) groups is 1. The van der Waals surface area contributed by atoms with E-state index in [2.05, 4.69) is 20.6 Å². The minimum Gasteiger partial charge on any atom is -0.324 e. The van der Waals surface area contributed by atoms with E-state index >= 15 is 0 Å². The number of benzene rings is 2. The van der Waals surface area contributed by atoms with Gasteiger partial charge < -0.3 is 10.6 Å². The van der Waals surface area contributed by atoms with Crippen LogP contribution in [0.15, 0.2) is 54.9 Å². The molecule has 0 saturated heterocycles. The number of carbonyl (C=O) groups excluding carboxylic acids is 1. The van der Waals surface area contributed by atoms with E-state index in [-0.39, 0.29) is 5.91 Å². The van der Waals surface area contributed by atoms with Crippen LogP contribution in [0, 0.1) is 6.92 Å². The van der Waals surface area contributed by atoms with Crippen molar-refractivity contribution in [1.29, 1.82) is 0 Å². The highest BCUT2D eigenvalue weighted by Crippen LogP contribution is 2.22. The van der Waals surface area contributed by atoms with Crippen LogP contribution in [0.3, 0.4) is 0 Å². The van der Waals surface area contributed by atoms with Crippen LogP contribution in [-0.4, -0.2) is 15.9 Å². The molecule has 5 nitrogen and oxygen atoms in total. The molecule has 0 unspecified atom stereocenters. The highest BCUT2D eigenvalue weighted by atomic mass is 35.5. The summed E-state index contributed by atoms with van der Waals surface area (Å²) in [5.41, 5.74) is 2.77. The molecule has 0 aliphatic carbocycles. The van der Waals surface area contributed by atoms with Gasteiger partial charge in [0.15, 0.2) is 0 Å². The Labute approximate surface area is 155 Å². The standard InChI is InChI=1S/C18H14Cl2N4O/c1-11-5-6-14(20)8-16(11)24-18-21-9-12(10-22-18)17(25)23-15-4-2-3-13(19)7-15/h2-10H,1H3,(H,23,25)(H,21,22,24). The maximum absolute atomic E-state index is 12.2. The highest BCUT2D eigenvalue weighted by Gasteiger charge is 2.09. The summed E-state index contributed by atoms with van der Waals surface area (Å²) in [7, 11) is 0. The second-order valence-electron chi connectivity index (χ2n) is 5.34. The average Bonchev–Trinajstić information content (AvgIpc) is 2.59. The van der Waals surface area contributed by atoms with Gasteiger partial charge in [-0.3, -0.25) is 4.79 Å². The van der Waals surface area contributed by atoms with Crippen molar-refractivity contribution in [3.63, 3.8) is 0 Å². The van der Waals surface area contributed by atoms with E-state index in [0.29, 0.717) is 27.2 Å². The quantitative estimate of drug-likeness (QED) is 0.669. The van der Waals surface area contributed by atoms with Crippen molar-refractivity contribution < 1.29 is 4.79 Å². The Morgan fingerprint density at radius 2 is 1.72 bits per heavy atom. The lowest BCUT2D eigenvalue weighted by molar-refractivity contribution is 0.102. The molecule has 0 fully saturated rings. The molecule has 1 aromatic heterocycles. The number of hydrogen-bond acceptors (Lipinski definition) is 4. The molecule has 2 aromatic carbocycles. The smallest absolute Gasteiger partial charge is 0.258 e. The number of halogens is 2. The predicted molar refractivity (Wildman–Crippen MR) is 101 cm³/mol. The molecule has 2 N–H and O–H groups in total. The van der Waals surface area contributed by atoms with Crippen LogP contribution in [-0.2, 0) is 0 Å². The number of aryl methyl sites for hydroxylation is 1. The van der Waals surface area contributed by atoms with Gasteiger partial charge in [0, 0.05) is 33.8 Å². The van der Waals surface area contributed by atoms with E-state index in [1.54, 1.807) is 30.3 Å². The van der Waals surface area contributed by atoms with Gasteiger partial charge in [0.25, 0.3) is 5.91 Å². The summed E-state index contributed by atoms with van der Waals surface area (Å²) in [5.74, 6) is 0.0671. The monoisotopic (exact) mass is 372 g/mol. The maximum Gasteiger partial charge on any atom is 0.258 e. The van der Waals surface area contributed by atoms with Gasteiger partial charge in [0.2, 0.25) is 5.95 Å². The van der Waals surface area contributed by atoms with Gasteiger partial charge in [-0.2, -0.15) is 0 Å². The number of amides is 1. The third-order valence-electron chi connectivity index (χ3n) is 3.44. The zero-order chi connectivity index (χ0) is 17.8. The molecule has 0 saturated carbocycles. The van der Waals surface area contributed by atoms with Crippen molar-refractivity contribution in [2.24, 2.45) is 0 Å². The van der Waals surface area contributed by atoms with Crippen molar-refractivity contribution in [3.05, 3.63) is 76.0 Å². The summed E-state index contributed by atoms with van der Waals surface area (Å²) < 4.78 is 0. The number of aromatic nitrogens is 2. The SMILES string of the molecule is Cc1ccc(Cl)cc1Nc1ncc(C(=O)Nc2cccc(Cl)c2)cn1. The van der Waals surface area contributed by atoms with Gasteiger partial charge in [-0.15, -0.1) is 0 Å². The molecule has 0 aliphatic rings. The van der Waals surface area contributed by atoms with Crippen molar-refractivity contribution >= 4 is 46.4 Å². The Balaban J connectivity index is 1.71. The highest BCUT2D eigenvalue weighted by molar-refractivity contribution is 6.31. The van der Waals surface area contributed by atoms with E-state index in [0.717, 1.165) is 11.3 Å². The fourth-order valence-electron chi connectivity index (χ4n) is 2.13. The third kappa shape index (κ3) is 4.47. The second kappa shape index (κ2) is 7.51. The second-order valence-corrected chi connectivity index (χ2v) is 6.22. The van der Waals surface area contributed by atoms with Crippen molar-refractivity contribution in [3.8, 4) is 0 Å². The van der Waals surface area contributed by atoms with E-state index in [1.165, 1.54) is 12.4 Å². The lowest BCUT2D eigenvalue weighted by Gasteiger charge is -2.09. The minimum absolute atomic E-state index is 0.312. The molecule has 0 radical (unpaired) electrons. The van der Waals surface area contributed by atoms with Gasteiger partial charge in [-0.1, -0.05) is 35.3 Å². The van der Waals surface area contributed by atoms with Crippen LogP contribution in [0.5, 0.6) is 0 Å².